The molecule has 0 fully saturated rings. The molecule has 6 heteroatoms. The van der Waals surface area contributed by atoms with Crippen LogP contribution in [0.3, 0.4) is 0 Å². The summed E-state index contributed by atoms with van der Waals surface area (Å²) in [4.78, 5) is 18.4. The van der Waals surface area contributed by atoms with Gasteiger partial charge in [0, 0.05) is 10.7 Å². The molecule has 2 rings (SSSR count). The molecular formula is C7H3BrN2O2S. The molecule has 13 heavy (non-hydrogen) atoms. The average molecular weight is 259 g/mol. The van der Waals surface area contributed by atoms with Gasteiger partial charge in [0.2, 0.25) is 5.01 Å². The van der Waals surface area contributed by atoms with Gasteiger partial charge in [0.05, 0.1) is 4.70 Å². The average Bonchev–Trinajstić information content (AvgIpc) is 2.46. The number of halogens is 1. The smallest absolute Gasteiger partial charge is 0.365 e. The number of nitrogens with zero attached hydrogens (tertiary/aromatic N) is 2. The Morgan fingerprint density at radius 2 is 2.38 bits per heavy atom. The fraction of sp³-hybridized carbons (Fsp3) is 0. The maximum absolute atomic E-state index is 10.6. The number of aromatic carboxylic acids is 1. The Balaban J connectivity index is 2.68. The highest BCUT2D eigenvalue weighted by Crippen LogP contribution is 2.23. The van der Waals surface area contributed by atoms with Crippen molar-refractivity contribution in [2.24, 2.45) is 0 Å². The second kappa shape index (κ2) is 3.04. The third kappa shape index (κ3) is 1.54. The second-order valence-corrected chi connectivity index (χ2v) is 4.25. The minimum atomic E-state index is -1.01. The van der Waals surface area contributed by atoms with E-state index in [-0.39, 0.29) is 5.01 Å². The Hall–Kier alpha value is -1.01. The van der Waals surface area contributed by atoms with Crippen LogP contribution in [0.25, 0.3) is 10.3 Å². The highest BCUT2D eigenvalue weighted by Gasteiger charge is 2.10. The lowest BCUT2D eigenvalue weighted by Crippen LogP contribution is -1.93. The van der Waals surface area contributed by atoms with Gasteiger partial charge in [-0.25, -0.2) is 14.8 Å². The van der Waals surface area contributed by atoms with Crippen molar-refractivity contribution in [2.75, 3.05) is 0 Å². The van der Waals surface area contributed by atoms with Gasteiger partial charge in [-0.1, -0.05) is 0 Å². The Kier molecular flexibility index (Phi) is 2.01. The zero-order valence-electron chi connectivity index (χ0n) is 6.19. The molecule has 0 aliphatic carbocycles. The highest BCUT2D eigenvalue weighted by molar-refractivity contribution is 9.10. The zero-order valence-corrected chi connectivity index (χ0v) is 8.59. The molecule has 0 aliphatic rings. The molecular weight excluding hydrogens is 256 g/mol. The number of thiazole rings is 1. The van der Waals surface area contributed by atoms with Crippen LogP contribution >= 0.6 is 27.3 Å². The van der Waals surface area contributed by atoms with Crippen LogP contribution in [0.15, 0.2) is 16.7 Å². The van der Waals surface area contributed by atoms with Crippen LogP contribution < -0.4 is 0 Å². The van der Waals surface area contributed by atoms with Crippen molar-refractivity contribution >= 4 is 43.6 Å². The van der Waals surface area contributed by atoms with E-state index in [1.54, 1.807) is 12.3 Å². The second-order valence-electron chi connectivity index (χ2n) is 2.30. The minimum Gasteiger partial charge on any atom is -0.476 e. The largest absolute Gasteiger partial charge is 0.476 e. The summed E-state index contributed by atoms with van der Waals surface area (Å²) in [6, 6.07) is 1.80. The summed E-state index contributed by atoms with van der Waals surface area (Å²) in [6.45, 7) is 0. The fourth-order valence-electron chi connectivity index (χ4n) is 0.887. The first-order valence-electron chi connectivity index (χ1n) is 3.32. The van der Waals surface area contributed by atoms with Crippen molar-refractivity contribution in [3.05, 3.63) is 21.7 Å². The van der Waals surface area contributed by atoms with Crippen LogP contribution in [-0.2, 0) is 0 Å². The molecule has 0 saturated heterocycles. The number of hydrogen-bond donors (Lipinski definition) is 1. The topological polar surface area (TPSA) is 63.1 Å². The molecule has 66 valence electrons. The van der Waals surface area contributed by atoms with Crippen LogP contribution in [0.4, 0.5) is 0 Å². The van der Waals surface area contributed by atoms with E-state index in [2.05, 4.69) is 25.9 Å². The van der Waals surface area contributed by atoms with E-state index in [0.29, 0.717) is 5.65 Å². The summed E-state index contributed by atoms with van der Waals surface area (Å²) in [5.41, 5.74) is 0.477. The number of rotatable bonds is 1. The third-order valence-electron chi connectivity index (χ3n) is 1.40. The van der Waals surface area contributed by atoms with E-state index in [1.165, 1.54) is 0 Å². The molecule has 0 aliphatic heterocycles. The van der Waals surface area contributed by atoms with Gasteiger partial charge < -0.3 is 5.11 Å². The molecule has 2 aromatic rings. The Labute approximate surface area is 85.4 Å². The summed E-state index contributed by atoms with van der Waals surface area (Å²) in [6.07, 6.45) is 1.59. The first kappa shape index (κ1) is 8.58. The van der Waals surface area contributed by atoms with Gasteiger partial charge in [0.25, 0.3) is 0 Å². The molecule has 0 unspecified atom stereocenters. The standard InChI is InChI=1S/C7H3BrN2O2S/c8-3-1-4-5(9-2-3)10-6(13-4)7(11)12/h1-2H,(H,11,12). The van der Waals surface area contributed by atoms with Gasteiger partial charge in [0.1, 0.15) is 0 Å². The number of fused-ring (bicyclic) bond motifs is 1. The lowest BCUT2D eigenvalue weighted by molar-refractivity contribution is 0.0696. The SMILES string of the molecule is O=C(O)c1nc2ncc(Br)cc2s1. The summed E-state index contributed by atoms with van der Waals surface area (Å²) < 4.78 is 1.59. The molecule has 0 spiro atoms. The predicted octanol–water partition coefficient (Wildman–Crippen LogP) is 2.15. The molecule has 1 N–H and O–H groups in total. The summed E-state index contributed by atoms with van der Waals surface area (Å²) in [7, 11) is 0. The van der Waals surface area contributed by atoms with E-state index < -0.39 is 5.97 Å². The normalized spacial score (nSPS) is 10.5. The number of hydrogen-bond acceptors (Lipinski definition) is 4. The van der Waals surface area contributed by atoms with Crippen molar-refractivity contribution < 1.29 is 9.90 Å². The van der Waals surface area contributed by atoms with E-state index in [9.17, 15) is 4.79 Å². The quantitative estimate of drug-likeness (QED) is 0.852. The van der Waals surface area contributed by atoms with Gasteiger partial charge >= 0.3 is 5.97 Å². The first-order valence-corrected chi connectivity index (χ1v) is 4.93. The van der Waals surface area contributed by atoms with Crippen molar-refractivity contribution in [1.29, 1.82) is 0 Å². The predicted molar refractivity (Wildman–Crippen MR) is 52.1 cm³/mol. The number of carbonyl (C=O) groups is 1. The molecule has 4 nitrogen and oxygen atoms in total. The summed E-state index contributed by atoms with van der Waals surface area (Å²) in [5.74, 6) is -1.01. The molecule has 0 radical (unpaired) electrons. The number of carboxylic acid groups (broad SMARTS) is 1. The number of pyridine rings is 1. The molecule has 0 saturated carbocycles. The molecule has 2 heterocycles. The zero-order chi connectivity index (χ0) is 9.42. The maximum Gasteiger partial charge on any atom is 0.365 e. The van der Waals surface area contributed by atoms with Crippen molar-refractivity contribution in [2.45, 2.75) is 0 Å². The lowest BCUT2D eigenvalue weighted by Gasteiger charge is -1.86. The molecule has 0 atom stereocenters. The van der Waals surface area contributed by atoms with Gasteiger partial charge in [-0.2, -0.15) is 0 Å². The fourth-order valence-corrected chi connectivity index (χ4v) is 2.17. The molecule has 2 aromatic heterocycles. The van der Waals surface area contributed by atoms with Crippen molar-refractivity contribution in [3.63, 3.8) is 0 Å². The monoisotopic (exact) mass is 258 g/mol. The van der Waals surface area contributed by atoms with Crippen LogP contribution in [0, 0.1) is 0 Å². The number of carboxylic acids is 1. The van der Waals surface area contributed by atoms with Crippen molar-refractivity contribution in [1.82, 2.24) is 9.97 Å². The van der Waals surface area contributed by atoms with Gasteiger partial charge in [-0.3, -0.25) is 0 Å². The number of aromatic nitrogens is 2. The van der Waals surface area contributed by atoms with Gasteiger partial charge in [-0.05, 0) is 22.0 Å². The Bertz CT molecular complexity index is 482. The van der Waals surface area contributed by atoms with Crippen LogP contribution in [0.1, 0.15) is 9.80 Å². The maximum atomic E-state index is 10.6. The lowest BCUT2D eigenvalue weighted by atomic mass is 10.5. The van der Waals surface area contributed by atoms with E-state index in [0.717, 1.165) is 20.5 Å². The third-order valence-corrected chi connectivity index (χ3v) is 2.81. The van der Waals surface area contributed by atoms with Crippen molar-refractivity contribution in [3.8, 4) is 0 Å². The minimum absolute atomic E-state index is 0.0700. The summed E-state index contributed by atoms with van der Waals surface area (Å²) in [5, 5.41) is 8.73. The molecule has 0 amide bonds. The Morgan fingerprint density at radius 3 is 3.08 bits per heavy atom. The Morgan fingerprint density at radius 1 is 1.62 bits per heavy atom. The van der Waals surface area contributed by atoms with E-state index in [1.807, 2.05) is 0 Å². The first-order chi connectivity index (χ1) is 6.16. The van der Waals surface area contributed by atoms with Gasteiger partial charge in [-0.15, -0.1) is 11.3 Å². The van der Waals surface area contributed by atoms with Crippen LogP contribution in [-0.4, -0.2) is 21.0 Å². The van der Waals surface area contributed by atoms with E-state index >= 15 is 0 Å². The highest BCUT2D eigenvalue weighted by atomic mass is 79.9. The van der Waals surface area contributed by atoms with Gasteiger partial charge in [0.15, 0.2) is 5.65 Å². The summed E-state index contributed by atoms with van der Waals surface area (Å²) >= 11 is 4.36. The van der Waals surface area contributed by atoms with Crippen LogP contribution in [0.5, 0.6) is 0 Å². The van der Waals surface area contributed by atoms with Crippen LogP contribution in [0.2, 0.25) is 0 Å². The molecule has 0 bridgehead atoms. The van der Waals surface area contributed by atoms with E-state index in [4.69, 9.17) is 5.11 Å². The molecule has 0 aromatic carbocycles.